The Morgan fingerprint density at radius 1 is 1.29 bits per heavy atom. The van der Waals surface area contributed by atoms with Gasteiger partial charge in [-0.1, -0.05) is 19.1 Å². The number of carbonyl (C=O) groups excluding carboxylic acids is 1. The van der Waals surface area contributed by atoms with Gasteiger partial charge in [-0.3, -0.25) is 9.79 Å². The first kappa shape index (κ1) is 21.9. The van der Waals surface area contributed by atoms with Gasteiger partial charge in [0, 0.05) is 43.0 Å². The first-order valence-corrected chi connectivity index (χ1v) is 10.5. The SMILES string of the molecule is CCC(C)NC(=O)c1cccc(CNC(=NC)NCCc2nc(C)c(C)s2)c1. The van der Waals surface area contributed by atoms with Crippen molar-refractivity contribution in [3.05, 3.63) is 51.0 Å². The number of amides is 1. The Kier molecular flexibility index (Phi) is 8.44. The number of benzene rings is 1. The van der Waals surface area contributed by atoms with Gasteiger partial charge < -0.3 is 16.0 Å². The molecule has 3 N–H and O–H groups in total. The normalized spacial score (nSPS) is 12.5. The maximum Gasteiger partial charge on any atom is 0.251 e. The Hall–Kier alpha value is -2.41. The van der Waals surface area contributed by atoms with Crippen LogP contribution in [0.25, 0.3) is 0 Å². The molecule has 1 atom stereocenters. The fourth-order valence-corrected chi connectivity index (χ4v) is 3.51. The number of carbonyl (C=O) groups is 1. The molecule has 0 saturated heterocycles. The lowest BCUT2D eigenvalue weighted by Crippen LogP contribution is -2.38. The minimum Gasteiger partial charge on any atom is -0.356 e. The molecule has 0 aliphatic rings. The molecule has 2 rings (SSSR count). The van der Waals surface area contributed by atoms with Crippen LogP contribution in [0.2, 0.25) is 0 Å². The Balaban J connectivity index is 1.84. The van der Waals surface area contributed by atoms with Gasteiger partial charge in [-0.25, -0.2) is 4.98 Å². The van der Waals surface area contributed by atoms with Crippen LogP contribution in [0.5, 0.6) is 0 Å². The van der Waals surface area contributed by atoms with Gasteiger partial charge in [-0.15, -0.1) is 11.3 Å². The van der Waals surface area contributed by atoms with Crippen molar-refractivity contribution in [2.45, 2.75) is 53.1 Å². The van der Waals surface area contributed by atoms with Crippen molar-refractivity contribution in [3.8, 4) is 0 Å². The van der Waals surface area contributed by atoms with Gasteiger partial charge in [0.25, 0.3) is 5.91 Å². The predicted molar refractivity (Wildman–Crippen MR) is 117 cm³/mol. The lowest BCUT2D eigenvalue weighted by molar-refractivity contribution is 0.0939. The Labute approximate surface area is 171 Å². The molecule has 0 aliphatic heterocycles. The highest BCUT2D eigenvalue weighted by molar-refractivity contribution is 7.11. The average molecular weight is 402 g/mol. The van der Waals surface area contributed by atoms with Crippen LogP contribution < -0.4 is 16.0 Å². The molecular weight excluding hydrogens is 370 g/mol. The molecule has 28 heavy (non-hydrogen) atoms. The van der Waals surface area contributed by atoms with E-state index in [1.165, 1.54) is 4.88 Å². The first-order chi connectivity index (χ1) is 13.4. The van der Waals surface area contributed by atoms with E-state index in [1.807, 2.05) is 38.1 Å². The summed E-state index contributed by atoms with van der Waals surface area (Å²) in [4.78, 5) is 22.4. The number of thiazole rings is 1. The summed E-state index contributed by atoms with van der Waals surface area (Å²) in [6, 6.07) is 7.83. The van der Waals surface area contributed by atoms with Gasteiger partial charge in [0.05, 0.1) is 10.7 Å². The number of nitrogens with one attached hydrogen (secondary N) is 3. The second kappa shape index (κ2) is 10.8. The summed E-state index contributed by atoms with van der Waals surface area (Å²) in [6.45, 7) is 9.57. The van der Waals surface area contributed by atoms with Crippen molar-refractivity contribution < 1.29 is 4.79 Å². The molecule has 1 heterocycles. The van der Waals surface area contributed by atoms with Crippen LogP contribution in [0, 0.1) is 13.8 Å². The summed E-state index contributed by atoms with van der Waals surface area (Å²) in [5, 5.41) is 10.7. The number of guanidine groups is 1. The maximum atomic E-state index is 12.3. The van der Waals surface area contributed by atoms with Crippen molar-refractivity contribution >= 4 is 23.2 Å². The molecule has 0 spiro atoms. The van der Waals surface area contributed by atoms with Crippen LogP contribution in [0.1, 0.15) is 51.8 Å². The number of hydrogen-bond donors (Lipinski definition) is 3. The third kappa shape index (κ3) is 6.64. The van der Waals surface area contributed by atoms with Crippen LogP contribution >= 0.6 is 11.3 Å². The molecule has 0 saturated carbocycles. The number of nitrogens with zero attached hydrogens (tertiary/aromatic N) is 2. The molecule has 0 bridgehead atoms. The fraction of sp³-hybridized carbons (Fsp3) is 0.476. The van der Waals surface area contributed by atoms with Crippen molar-refractivity contribution in [1.29, 1.82) is 0 Å². The topological polar surface area (TPSA) is 78.4 Å². The highest BCUT2D eigenvalue weighted by atomic mass is 32.1. The number of hydrogen-bond acceptors (Lipinski definition) is 4. The zero-order valence-corrected chi connectivity index (χ0v) is 18.2. The van der Waals surface area contributed by atoms with Crippen LogP contribution in [0.3, 0.4) is 0 Å². The summed E-state index contributed by atoms with van der Waals surface area (Å²) in [6.07, 6.45) is 1.78. The zero-order valence-electron chi connectivity index (χ0n) is 17.4. The Morgan fingerprint density at radius 3 is 2.71 bits per heavy atom. The second-order valence-corrected chi connectivity index (χ2v) is 8.12. The zero-order chi connectivity index (χ0) is 20.5. The van der Waals surface area contributed by atoms with Gasteiger partial charge in [0.2, 0.25) is 0 Å². The minimum atomic E-state index is -0.0345. The molecule has 0 aliphatic carbocycles. The maximum absolute atomic E-state index is 12.3. The summed E-state index contributed by atoms with van der Waals surface area (Å²) in [7, 11) is 1.75. The summed E-state index contributed by atoms with van der Waals surface area (Å²) >= 11 is 1.74. The van der Waals surface area contributed by atoms with E-state index in [-0.39, 0.29) is 11.9 Å². The van der Waals surface area contributed by atoms with E-state index in [0.717, 1.165) is 41.6 Å². The number of aromatic nitrogens is 1. The lowest BCUT2D eigenvalue weighted by atomic mass is 10.1. The van der Waals surface area contributed by atoms with Crippen LogP contribution in [-0.4, -0.2) is 36.5 Å². The van der Waals surface area contributed by atoms with Gasteiger partial charge >= 0.3 is 0 Å². The van der Waals surface area contributed by atoms with Crippen LogP contribution in [0.15, 0.2) is 29.3 Å². The van der Waals surface area contributed by atoms with Gasteiger partial charge in [0.15, 0.2) is 5.96 Å². The molecule has 0 fully saturated rings. The minimum absolute atomic E-state index is 0.0345. The van der Waals surface area contributed by atoms with E-state index < -0.39 is 0 Å². The summed E-state index contributed by atoms with van der Waals surface area (Å²) in [5.74, 6) is 0.701. The Morgan fingerprint density at radius 2 is 2.07 bits per heavy atom. The number of aliphatic imine (C=N–C) groups is 1. The monoisotopic (exact) mass is 401 g/mol. The Bertz CT molecular complexity index is 795. The second-order valence-electron chi connectivity index (χ2n) is 6.83. The van der Waals surface area contributed by atoms with E-state index in [4.69, 9.17) is 0 Å². The largest absolute Gasteiger partial charge is 0.356 e. The van der Waals surface area contributed by atoms with Crippen LogP contribution in [-0.2, 0) is 13.0 Å². The van der Waals surface area contributed by atoms with E-state index in [0.29, 0.717) is 12.1 Å². The average Bonchev–Trinajstić information content (AvgIpc) is 3.01. The van der Waals surface area contributed by atoms with Crippen molar-refractivity contribution in [1.82, 2.24) is 20.9 Å². The van der Waals surface area contributed by atoms with Crippen LogP contribution in [0.4, 0.5) is 0 Å². The molecule has 0 radical (unpaired) electrons. The third-order valence-corrected chi connectivity index (χ3v) is 5.70. The smallest absolute Gasteiger partial charge is 0.251 e. The molecule has 152 valence electrons. The molecule has 2 aromatic rings. The van der Waals surface area contributed by atoms with Crippen molar-refractivity contribution in [2.75, 3.05) is 13.6 Å². The van der Waals surface area contributed by atoms with E-state index in [1.54, 1.807) is 18.4 Å². The van der Waals surface area contributed by atoms with Crippen molar-refractivity contribution in [3.63, 3.8) is 0 Å². The van der Waals surface area contributed by atoms with Gasteiger partial charge in [0.1, 0.15) is 0 Å². The van der Waals surface area contributed by atoms with Crippen molar-refractivity contribution in [2.24, 2.45) is 4.99 Å². The lowest BCUT2D eigenvalue weighted by Gasteiger charge is -2.13. The molecule has 1 unspecified atom stereocenters. The first-order valence-electron chi connectivity index (χ1n) is 9.70. The molecule has 1 aromatic carbocycles. The number of rotatable bonds is 8. The highest BCUT2D eigenvalue weighted by Gasteiger charge is 2.09. The van der Waals surface area contributed by atoms with Gasteiger partial charge in [-0.2, -0.15) is 0 Å². The van der Waals surface area contributed by atoms with E-state index in [9.17, 15) is 4.79 Å². The van der Waals surface area contributed by atoms with Gasteiger partial charge in [-0.05, 0) is 44.9 Å². The summed E-state index contributed by atoms with van der Waals surface area (Å²) < 4.78 is 0. The number of aryl methyl sites for hydroxylation is 2. The standard InChI is InChI=1S/C21H31N5OS/c1-6-14(2)25-20(27)18-9-7-8-17(12-18)13-24-21(22-5)23-11-10-19-26-15(3)16(4)28-19/h7-9,12,14H,6,10-11,13H2,1-5H3,(H,25,27)(H2,22,23,24). The van der Waals surface area contributed by atoms with E-state index >= 15 is 0 Å². The molecule has 1 amide bonds. The molecule has 1 aromatic heterocycles. The third-order valence-electron chi connectivity index (χ3n) is 4.57. The molecular formula is C21H31N5OS. The molecule has 6 nitrogen and oxygen atoms in total. The fourth-order valence-electron chi connectivity index (χ4n) is 2.57. The predicted octanol–water partition coefficient (Wildman–Crippen LogP) is 3.20. The molecule has 7 heteroatoms. The summed E-state index contributed by atoms with van der Waals surface area (Å²) in [5.41, 5.74) is 2.82. The highest BCUT2D eigenvalue weighted by Crippen LogP contribution is 2.16. The van der Waals surface area contributed by atoms with E-state index in [2.05, 4.69) is 39.8 Å². The quantitative estimate of drug-likeness (QED) is 0.469.